The summed E-state index contributed by atoms with van der Waals surface area (Å²) >= 11 is 3.36. The molecule has 4 nitrogen and oxygen atoms in total. The summed E-state index contributed by atoms with van der Waals surface area (Å²) in [6.45, 7) is 4.19. The molecule has 0 saturated carbocycles. The topological polar surface area (TPSA) is 49.8 Å². The van der Waals surface area contributed by atoms with Crippen molar-refractivity contribution in [1.82, 2.24) is 4.90 Å². The quantitative estimate of drug-likeness (QED) is 0.928. The van der Waals surface area contributed by atoms with E-state index in [4.69, 9.17) is 4.74 Å². The first-order valence-corrected chi connectivity index (χ1v) is 6.66. The van der Waals surface area contributed by atoms with Crippen LogP contribution >= 0.6 is 15.9 Å². The van der Waals surface area contributed by atoms with Crippen LogP contribution in [0.2, 0.25) is 0 Å². The number of hydrogen-bond donors (Lipinski definition) is 1. The third-order valence-electron chi connectivity index (χ3n) is 3.47. The molecule has 2 rings (SSSR count). The number of ether oxygens (including phenoxy) is 1. The van der Waals surface area contributed by atoms with E-state index in [9.17, 15) is 9.90 Å². The summed E-state index contributed by atoms with van der Waals surface area (Å²) in [5.41, 5.74) is -0.204. The Labute approximate surface area is 115 Å². The van der Waals surface area contributed by atoms with E-state index in [-0.39, 0.29) is 0 Å². The van der Waals surface area contributed by atoms with Gasteiger partial charge in [0.15, 0.2) is 0 Å². The van der Waals surface area contributed by atoms with E-state index in [2.05, 4.69) is 15.9 Å². The molecule has 1 saturated heterocycles. The highest BCUT2D eigenvalue weighted by molar-refractivity contribution is 9.10. The van der Waals surface area contributed by atoms with Crippen LogP contribution in [0.4, 0.5) is 0 Å². The fourth-order valence-electron chi connectivity index (χ4n) is 2.23. The molecule has 1 aliphatic rings. The number of benzene rings is 1. The van der Waals surface area contributed by atoms with E-state index in [1.807, 2.05) is 29.2 Å². The summed E-state index contributed by atoms with van der Waals surface area (Å²) in [7, 11) is 0. The molecule has 98 valence electrons. The average Bonchev–Trinajstić information content (AvgIpc) is 2.39. The van der Waals surface area contributed by atoms with Gasteiger partial charge in [-0.3, -0.25) is 4.90 Å². The number of carbonyl (C=O) groups is 1. The van der Waals surface area contributed by atoms with Gasteiger partial charge in [-0.15, -0.1) is 0 Å². The highest BCUT2D eigenvalue weighted by Crippen LogP contribution is 2.30. The van der Waals surface area contributed by atoms with Gasteiger partial charge < -0.3 is 9.84 Å². The molecule has 1 aromatic carbocycles. The number of halogens is 1. The fraction of sp³-hybridized carbons (Fsp3) is 0.462. The van der Waals surface area contributed by atoms with Crippen molar-refractivity contribution in [2.45, 2.75) is 12.5 Å². The predicted molar refractivity (Wildman–Crippen MR) is 71.5 cm³/mol. The van der Waals surface area contributed by atoms with Gasteiger partial charge in [-0.25, -0.2) is 4.79 Å². The molecule has 1 atom stereocenters. The molecule has 0 aliphatic carbocycles. The summed E-state index contributed by atoms with van der Waals surface area (Å²) in [5, 5.41) is 9.61. The average molecular weight is 314 g/mol. The molecule has 1 fully saturated rings. The van der Waals surface area contributed by atoms with Crippen molar-refractivity contribution in [1.29, 1.82) is 0 Å². The second kappa shape index (κ2) is 5.38. The maximum absolute atomic E-state index is 11.7. The summed E-state index contributed by atoms with van der Waals surface area (Å²) in [6, 6.07) is 7.45. The van der Waals surface area contributed by atoms with Crippen LogP contribution in [-0.2, 0) is 15.1 Å². The smallest absolute Gasteiger partial charge is 0.328 e. The van der Waals surface area contributed by atoms with E-state index in [0.717, 1.165) is 10.0 Å². The number of morpholine rings is 1. The third kappa shape index (κ3) is 2.43. The summed E-state index contributed by atoms with van der Waals surface area (Å²) in [4.78, 5) is 13.7. The van der Waals surface area contributed by atoms with Crippen LogP contribution in [0, 0.1) is 0 Å². The van der Waals surface area contributed by atoms with Crippen molar-refractivity contribution >= 4 is 21.9 Å². The molecule has 1 N–H and O–H groups in total. The molecule has 0 amide bonds. The standard InChI is InChI=1S/C13H16BrNO3/c1-13(12(16)17,15-6-8-18-9-7-15)10-2-4-11(14)5-3-10/h2-5H,6-9H2,1H3,(H,16,17). The molecular weight excluding hydrogens is 298 g/mol. The van der Waals surface area contributed by atoms with E-state index in [1.165, 1.54) is 0 Å². The number of rotatable bonds is 3. The van der Waals surface area contributed by atoms with Gasteiger partial charge in [-0.05, 0) is 24.6 Å². The van der Waals surface area contributed by atoms with Crippen LogP contribution in [0.15, 0.2) is 28.7 Å². The van der Waals surface area contributed by atoms with Crippen molar-refractivity contribution in [3.8, 4) is 0 Å². The lowest BCUT2D eigenvalue weighted by Gasteiger charge is -2.40. The molecule has 0 radical (unpaired) electrons. The van der Waals surface area contributed by atoms with Crippen molar-refractivity contribution in [2.24, 2.45) is 0 Å². The number of aliphatic carboxylic acids is 1. The Bertz CT molecular complexity index is 428. The van der Waals surface area contributed by atoms with Gasteiger partial charge >= 0.3 is 5.97 Å². The van der Waals surface area contributed by atoms with Gasteiger partial charge in [-0.2, -0.15) is 0 Å². The van der Waals surface area contributed by atoms with Crippen molar-refractivity contribution in [3.63, 3.8) is 0 Å². The van der Waals surface area contributed by atoms with E-state index < -0.39 is 11.5 Å². The molecule has 0 aromatic heterocycles. The Balaban J connectivity index is 2.36. The number of nitrogens with zero attached hydrogens (tertiary/aromatic N) is 1. The van der Waals surface area contributed by atoms with Crippen molar-refractivity contribution < 1.29 is 14.6 Å². The van der Waals surface area contributed by atoms with Gasteiger partial charge in [0.2, 0.25) is 0 Å². The second-order valence-corrected chi connectivity index (χ2v) is 5.40. The fourth-order valence-corrected chi connectivity index (χ4v) is 2.49. The van der Waals surface area contributed by atoms with Gasteiger partial charge in [0.1, 0.15) is 5.54 Å². The summed E-state index contributed by atoms with van der Waals surface area (Å²) in [6.07, 6.45) is 0. The number of hydrogen-bond acceptors (Lipinski definition) is 3. The first-order chi connectivity index (χ1) is 8.55. The van der Waals surface area contributed by atoms with Gasteiger partial charge in [0.05, 0.1) is 13.2 Å². The van der Waals surface area contributed by atoms with Crippen LogP contribution in [0.25, 0.3) is 0 Å². The Morgan fingerprint density at radius 1 is 1.33 bits per heavy atom. The highest BCUT2D eigenvalue weighted by Gasteiger charge is 2.41. The maximum atomic E-state index is 11.7. The Kier molecular flexibility index (Phi) is 4.04. The number of carboxylic acid groups (broad SMARTS) is 1. The van der Waals surface area contributed by atoms with Crippen LogP contribution in [-0.4, -0.2) is 42.3 Å². The molecule has 1 heterocycles. The minimum absolute atomic E-state index is 0.583. The molecule has 1 aromatic rings. The lowest BCUT2D eigenvalue weighted by molar-refractivity contribution is -0.154. The summed E-state index contributed by atoms with van der Waals surface area (Å²) in [5.74, 6) is -0.827. The Morgan fingerprint density at radius 3 is 2.39 bits per heavy atom. The zero-order valence-electron chi connectivity index (χ0n) is 10.2. The zero-order valence-corrected chi connectivity index (χ0v) is 11.8. The normalized spacial score (nSPS) is 20.3. The predicted octanol–water partition coefficient (Wildman–Crippen LogP) is 2.08. The van der Waals surface area contributed by atoms with Gasteiger partial charge in [0.25, 0.3) is 0 Å². The van der Waals surface area contributed by atoms with E-state index >= 15 is 0 Å². The van der Waals surface area contributed by atoms with Crippen molar-refractivity contribution in [2.75, 3.05) is 26.3 Å². The lowest BCUT2D eigenvalue weighted by atomic mass is 9.89. The Hall–Kier alpha value is -0.910. The molecule has 0 bridgehead atoms. The monoisotopic (exact) mass is 313 g/mol. The van der Waals surface area contributed by atoms with E-state index in [1.54, 1.807) is 6.92 Å². The molecule has 0 spiro atoms. The van der Waals surface area contributed by atoms with Crippen LogP contribution in [0.3, 0.4) is 0 Å². The van der Waals surface area contributed by atoms with Crippen LogP contribution < -0.4 is 0 Å². The molecule has 1 aliphatic heterocycles. The van der Waals surface area contributed by atoms with Gasteiger partial charge in [0, 0.05) is 17.6 Å². The minimum atomic E-state index is -0.996. The SMILES string of the molecule is CC(C(=O)O)(c1ccc(Br)cc1)N1CCOCC1. The molecule has 18 heavy (non-hydrogen) atoms. The first kappa shape index (κ1) is 13.5. The molecule has 5 heteroatoms. The number of carboxylic acids is 1. The Morgan fingerprint density at radius 2 is 1.89 bits per heavy atom. The summed E-state index contributed by atoms with van der Waals surface area (Å²) < 4.78 is 6.23. The third-order valence-corrected chi connectivity index (χ3v) is 3.99. The van der Waals surface area contributed by atoms with Crippen molar-refractivity contribution in [3.05, 3.63) is 34.3 Å². The molecule has 1 unspecified atom stereocenters. The lowest BCUT2D eigenvalue weighted by Crippen LogP contribution is -2.54. The van der Waals surface area contributed by atoms with Crippen LogP contribution in [0.5, 0.6) is 0 Å². The van der Waals surface area contributed by atoms with Gasteiger partial charge in [-0.1, -0.05) is 28.1 Å². The second-order valence-electron chi connectivity index (χ2n) is 4.48. The van der Waals surface area contributed by atoms with E-state index in [0.29, 0.717) is 26.3 Å². The zero-order chi connectivity index (χ0) is 13.2. The highest BCUT2D eigenvalue weighted by atomic mass is 79.9. The molecular formula is C13H16BrNO3. The van der Waals surface area contributed by atoms with Crippen LogP contribution in [0.1, 0.15) is 12.5 Å². The maximum Gasteiger partial charge on any atom is 0.328 e. The first-order valence-electron chi connectivity index (χ1n) is 5.87. The minimum Gasteiger partial charge on any atom is -0.480 e. The largest absolute Gasteiger partial charge is 0.480 e.